The van der Waals surface area contributed by atoms with E-state index in [1.54, 1.807) is 24.3 Å². The van der Waals surface area contributed by atoms with Crippen molar-refractivity contribution in [1.82, 2.24) is 0 Å². The Morgan fingerprint density at radius 3 is 2.27 bits per heavy atom. The Morgan fingerprint density at radius 1 is 1.00 bits per heavy atom. The molecule has 0 atom stereocenters. The summed E-state index contributed by atoms with van der Waals surface area (Å²) in [7, 11) is 0. The molecule has 0 amide bonds. The third-order valence-electron chi connectivity index (χ3n) is 2.30. The molecule has 0 saturated heterocycles. The third kappa shape index (κ3) is 5.78. The first-order chi connectivity index (χ1) is 10.7. The van der Waals surface area contributed by atoms with E-state index in [9.17, 15) is 4.79 Å². The van der Waals surface area contributed by atoms with Crippen LogP contribution in [-0.4, -0.2) is 25.8 Å². The molecule has 0 fully saturated rings. The molecule has 0 bridgehead atoms. The highest BCUT2D eigenvalue weighted by Crippen LogP contribution is 2.28. The van der Waals surface area contributed by atoms with E-state index < -0.39 is 5.97 Å². The van der Waals surface area contributed by atoms with Crippen LogP contribution in [-0.2, 0) is 9.53 Å². The molecule has 0 N–H and O–H groups in total. The molecule has 0 aliphatic heterocycles. The fraction of sp³-hybridized carbons (Fsp3) is 0.167. The summed E-state index contributed by atoms with van der Waals surface area (Å²) in [6, 6.07) is 5.09. The van der Waals surface area contributed by atoms with E-state index in [0.717, 1.165) is 0 Å². The highest BCUT2D eigenvalue weighted by atomic mass is 16.5. The lowest BCUT2D eigenvalue weighted by molar-refractivity contribution is -0.136. The molecule has 1 aromatic rings. The lowest BCUT2D eigenvalue weighted by atomic mass is 10.2. The van der Waals surface area contributed by atoms with Crippen LogP contribution in [0.1, 0.15) is 5.56 Å². The van der Waals surface area contributed by atoms with Crippen LogP contribution in [0.2, 0.25) is 0 Å². The van der Waals surface area contributed by atoms with Gasteiger partial charge >= 0.3 is 5.97 Å². The zero-order chi connectivity index (χ0) is 16.2. The largest absolute Gasteiger partial charge is 0.477 e. The zero-order valence-electron chi connectivity index (χ0n) is 11.9. The molecule has 1 aromatic carbocycles. The minimum absolute atomic E-state index is 0.0709. The summed E-state index contributed by atoms with van der Waals surface area (Å²) < 4.78 is 15.5. The molecular formula is C18H14O4. The van der Waals surface area contributed by atoms with Crippen molar-refractivity contribution in [3.05, 3.63) is 29.8 Å². The Morgan fingerprint density at radius 2 is 1.64 bits per heavy atom. The van der Waals surface area contributed by atoms with Crippen LogP contribution in [0, 0.1) is 37.0 Å². The molecule has 0 aromatic heterocycles. The number of benzene rings is 1. The molecule has 110 valence electrons. The molecule has 4 nitrogen and oxygen atoms in total. The first kappa shape index (κ1) is 16.8. The van der Waals surface area contributed by atoms with E-state index in [1.165, 1.54) is 6.08 Å². The fourth-order valence-electron chi connectivity index (χ4n) is 1.42. The van der Waals surface area contributed by atoms with Crippen LogP contribution in [0.15, 0.2) is 24.3 Å². The van der Waals surface area contributed by atoms with Crippen LogP contribution < -0.4 is 9.47 Å². The molecule has 0 unspecified atom stereocenters. The van der Waals surface area contributed by atoms with E-state index in [-0.39, 0.29) is 19.8 Å². The van der Waals surface area contributed by atoms with E-state index in [0.29, 0.717) is 17.1 Å². The first-order valence-corrected chi connectivity index (χ1v) is 6.26. The smallest absolute Gasteiger partial charge is 0.331 e. The quantitative estimate of drug-likeness (QED) is 0.438. The minimum atomic E-state index is -0.531. The Kier molecular flexibility index (Phi) is 7.31. The molecule has 0 aliphatic carbocycles. The van der Waals surface area contributed by atoms with Gasteiger partial charge in [-0.25, -0.2) is 4.79 Å². The van der Waals surface area contributed by atoms with Crippen LogP contribution >= 0.6 is 0 Å². The van der Waals surface area contributed by atoms with Crippen molar-refractivity contribution in [3.63, 3.8) is 0 Å². The third-order valence-corrected chi connectivity index (χ3v) is 2.30. The van der Waals surface area contributed by atoms with Crippen LogP contribution in [0.4, 0.5) is 0 Å². The van der Waals surface area contributed by atoms with Gasteiger partial charge in [-0.05, 0) is 23.8 Å². The van der Waals surface area contributed by atoms with Crippen molar-refractivity contribution in [3.8, 4) is 48.5 Å². The van der Waals surface area contributed by atoms with Gasteiger partial charge in [-0.3, -0.25) is 0 Å². The van der Waals surface area contributed by atoms with Crippen LogP contribution in [0.3, 0.4) is 0 Å². The highest BCUT2D eigenvalue weighted by molar-refractivity contribution is 5.87. The van der Waals surface area contributed by atoms with Crippen molar-refractivity contribution < 1.29 is 19.0 Å². The molecule has 0 aliphatic rings. The predicted octanol–water partition coefficient (Wildman–Crippen LogP) is 1.90. The molecule has 22 heavy (non-hydrogen) atoms. The Hall–Kier alpha value is -3.29. The normalized spacial score (nSPS) is 9.32. The van der Waals surface area contributed by atoms with Gasteiger partial charge in [0.05, 0.1) is 0 Å². The van der Waals surface area contributed by atoms with Crippen molar-refractivity contribution in [2.45, 2.75) is 0 Å². The summed E-state index contributed by atoms with van der Waals surface area (Å²) >= 11 is 0. The number of carbonyl (C=O) groups excluding carboxylic acids is 1. The number of carbonyl (C=O) groups is 1. The Bertz CT molecular complexity index is 666. The summed E-state index contributed by atoms with van der Waals surface area (Å²) in [5, 5.41) is 0. The van der Waals surface area contributed by atoms with E-state index in [4.69, 9.17) is 33.5 Å². The number of rotatable bonds is 7. The van der Waals surface area contributed by atoms with Crippen molar-refractivity contribution in [1.29, 1.82) is 0 Å². The SMILES string of the molecule is C#CCOC(=O)/C=C/c1ccc(OCC#C)c(OCC#C)c1. The number of terminal acetylenes is 3. The Labute approximate surface area is 130 Å². The van der Waals surface area contributed by atoms with Gasteiger partial charge in [0.1, 0.15) is 13.2 Å². The van der Waals surface area contributed by atoms with Gasteiger partial charge in [0.2, 0.25) is 0 Å². The Balaban J connectivity index is 2.87. The summed E-state index contributed by atoms with van der Waals surface area (Å²) in [5.41, 5.74) is 0.706. The number of hydrogen-bond acceptors (Lipinski definition) is 4. The molecule has 1 rings (SSSR count). The molecular weight excluding hydrogens is 280 g/mol. The summed E-state index contributed by atoms with van der Waals surface area (Å²) in [6.07, 6.45) is 18.1. The molecule has 0 saturated carbocycles. The maximum Gasteiger partial charge on any atom is 0.331 e. The first-order valence-electron chi connectivity index (χ1n) is 6.26. The summed E-state index contributed by atoms with van der Waals surface area (Å²) in [4.78, 5) is 11.3. The second-order valence-corrected chi connectivity index (χ2v) is 3.84. The second-order valence-electron chi connectivity index (χ2n) is 3.84. The second kappa shape index (κ2) is 9.59. The standard InChI is InChI=1S/C18H14O4/c1-4-11-20-16-9-7-15(14-17(16)21-12-5-2)8-10-18(19)22-13-6-3/h1-3,7-10,14H,11-13H2/b10-8+. The van der Waals surface area contributed by atoms with Gasteiger partial charge in [0.15, 0.2) is 18.1 Å². The number of hydrogen-bond donors (Lipinski definition) is 0. The molecule has 0 heterocycles. The molecule has 0 spiro atoms. The zero-order valence-corrected chi connectivity index (χ0v) is 11.9. The monoisotopic (exact) mass is 294 g/mol. The van der Waals surface area contributed by atoms with Crippen molar-refractivity contribution in [2.24, 2.45) is 0 Å². The highest BCUT2D eigenvalue weighted by Gasteiger charge is 2.06. The average Bonchev–Trinajstić information content (AvgIpc) is 2.54. The summed E-state index contributed by atoms with van der Waals surface area (Å²) in [5.74, 6) is 7.31. The van der Waals surface area contributed by atoms with E-state index in [1.807, 2.05) is 0 Å². The van der Waals surface area contributed by atoms with Gasteiger partial charge in [0, 0.05) is 6.08 Å². The van der Waals surface area contributed by atoms with Gasteiger partial charge in [0.25, 0.3) is 0 Å². The fourth-order valence-corrected chi connectivity index (χ4v) is 1.42. The maximum absolute atomic E-state index is 11.3. The number of ether oxygens (including phenoxy) is 3. The topological polar surface area (TPSA) is 44.8 Å². The van der Waals surface area contributed by atoms with Crippen LogP contribution in [0.25, 0.3) is 6.08 Å². The van der Waals surface area contributed by atoms with Gasteiger partial charge in [-0.1, -0.05) is 23.8 Å². The minimum Gasteiger partial charge on any atom is -0.477 e. The van der Waals surface area contributed by atoms with E-state index in [2.05, 4.69) is 17.8 Å². The van der Waals surface area contributed by atoms with Gasteiger partial charge in [-0.2, -0.15) is 0 Å². The van der Waals surface area contributed by atoms with Gasteiger partial charge in [-0.15, -0.1) is 19.3 Å². The lowest BCUT2D eigenvalue weighted by Gasteiger charge is -2.10. The van der Waals surface area contributed by atoms with Crippen molar-refractivity contribution in [2.75, 3.05) is 19.8 Å². The number of esters is 1. The van der Waals surface area contributed by atoms with Gasteiger partial charge < -0.3 is 14.2 Å². The average molecular weight is 294 g/mol. The van der Waals surface area contributed by atoms with Crippen LogP contribution in [0.5, 0.6) is 11.5 Å². The lowest BCUT2D eigenvalue weighted by Crippen LogP contribution is -2.01. The molecule has 4 heteroatoms. The maximum atomic E-state index is 11.3. The molecule has 0 radical (unpaired) electrons. The predicted molar refractivity (Wildman–Crippen MR) is 83.9 cm³/mol. The van der Waals surface area contributed by atoms with Crippen molar-refractivity contribution >= 4 is 12.0 Å². The van der Waals surface area contributed by atoms with E-state index >= 15 is 0 Å². The summed E-state index contributed by atoms with van der Waals surface area (Å²) in [6.45, 7) is 0.127.